The summed E-state index contributed by atoms with van der Waals surface area (Å²) < 4.78 is 80.2. The minimum atomic E-state index is -4.85. The van der Waals surface area contributed by atoms with Gasteiger partial charge in [0.05, 0.1) is 11.7 Å². The van der Waals surface area contributed by atoms with E-state index in [-0.39, 0.29) is 23.7 Å². The number of fused-ring (bicyclic) bond motifs is 1. The summed E-state index contributed by atoms with van der Waals surface area (Å²) in [5, 5.41) is 6.36. The summed E-state index contributed by atoms with van der Waals surface area (Å²) in [5.41, 5.74) is 4.15. The van der Waals surface area contributed by atoms with Crippen LogP contribution in [0.25, 0.3) is 11.7 Å². The van der Waals surface area contributed by atoms with E-state index < -0.39 is 29.4 Å². The number of nitrogens with one attached hydrogen (secondary N) is 1. The second-order valence-corrected chi connectivity index (χ2v) is 8.14. The molecule has 0 amide bonds. The molecule has 0 unspecified atom stereocenters. The Labute approximate surface area is 195 Å². The van der Waals surface area contributed by atoms with E-state index in [1.54, 1.807) is 24.4 Å². The van der Waals surface area contributed by atoms with Crippen molar-refractivity contribution >= 4 is 23.4 Å². The van der Waals surface area contributed by atoms with E-state index in [9.17, 15) is 26.3 Å². The molecule has 1 saturated carbocycles. The minimum Gasteiger partial charge on any atom is -0.383 e. The summed E-state index contributed by atoms with van der Waals surface area (Å²) in [6.45, 7) is 3.70. The van der Waals surface area contributed by atoms with E-state index in [1.165, 1.54) is 0 Å². The average Bonchev–Trinajstić information content (AvgIpc) is 3.24. The highest BCUT2D eigenvalue weighted by molar-refractivity contribution is 6.00. The molecule has 1 aliphatic rings. The summed E-state index contributed by atoms with van der Waals surface area (Å²) in [6, 6.07) is 3.99. The Morgan fingerprint density at radius 2 is 1.89 bits per heavy atom. The third-order valence-electron chi connectivity index (χ3n) is 5.64. The number of pyridine rings is 1. The molecule has 0 aliphatic heterocycles. The Morgan fingerprint density at radius 1 is 1.14 bits per heavy atom. The van der Waals surface area contributed by atoms with Gasteiger partial charge in [0, 0.05) is 29.9 Å². The molecule has 1 fully saturated rings. The van der Waals surface area contributed by atoms with Crippen LogP contribution < -0.4 is 11.1 Å². The van der Waals surface area contributed by atoms with Crippen LogP contribution in [0.1, 0.15) is 48.3 Å². The van der Waals surface area contributed by atoms with Crippen molar-refractivity contribution in [2.75, 3.05) is 5.32 Å². The van der Waals surface area contributed by atoms with Crippen LogP contribution in [-0.4, -0.2) is 37.5 Å². The molecule has 186 valence electrons. The topological polar surface area (TPSA) is 93.5 Å². The predicted molar refractivity (Wildman–Crippen MR) is 118 cm³/mol. The van der Waals surface area contributed by atoms with Gasteiger partial charge >= 0.3 is 12.4 Å². The van der Waals surface area contributed by atoms with Gasteiger partial charge in [0.25, 0.3) is 0 Å². The van der Waals surface area contributed by atoms with Gasteiger partial charge in [-0.2, -0.15) is 36.0 Å². The number of aliphatic imine (C=N–C) groups is 1. The molecule has 2 atom stereocenters. The molecular weight excluding hydrogens is 476 g/mol. The summed E-state index contributed by atoms with van der Waals surface area (Å²) in [6.07, 6.45) is -4.16. The van der Waals surface area contributed by atoms with E-state index in [2.05, 4.69) is 32.0 Å². The zero-order chi connectivity index (χ0) is 25.4. The number of nitrogens with zero attached hydrogens (tertiary/aromatic N) is 5. The number of alkyl halides is 6. The monoisotopic (exact) mass is 497 g/mol. The molecule has 13 heteroatoms. The molecule has 3 heterocycles. The zero-order valence-corrected chi connectivity index (χ0v) is 18.2. The fourth-order valence-corrected chi connectivity index (χ4v) is 4.05. The van der Waals surface area contributed by atoms with Crippen molar-refractivity contribution < 1.29 is 26.3 Å². The first-order chi connectivity index (χ1) is 16.5. The van der Waals surface area contributed by atoms with Gasteiger partial charge in [0.2, 0.25) is 0 Å². The molecule has 35 heavy (non-hydrogen) atoms. The van der Waals surface area contributed by atoms with Crippen molar-refractivity contribution in [3.63, 3.8) is 0 Å². The highest BCUT2D eigenvalue weighted by Crippen LogP contribution is 2.34. The van der Waals surface area contributed by atoms with Crippen molar-refractivity contribution in [3.8, 4) is 0 Å². The number of hydrogen-bond donors (Lipinski definition) is 2. The molecule has 0 aromatic carbocycles. The van der Waals surface area contributed by atoms with E-state index in [1.807, 2.05) is 0 Å². The lowest BCUT2D eigenvalue weighted by atomic mass is 9.91. The van der Waals surface area contributed by atoms with Crippen molar-refractivity contribution in [1.82, 2.24) is 19.6 Å². The number of hydrogen-bond acceptors (Lipinski definition) is 5. The van der Waals surface area contributed by atoms with Crippen molar-refractivity contribution in [2.45, 2.75) is 50.1 Å². The van der Waals surface area contributed by atoms with Crippen molar-refractivity contribution in [1.29, 1.82) is 0 Å². The van der Waals surface area contributed by atoms with Gasteiger partial charge in [-0.3, -0.25) is 9.98 Å². The Balaban J connectivity index is 1.62. The van der Waals surface area contributed by atoms with E-state index in [4.69, 9.17) is 5.73 Å². The fourth-order valence-electron chi connectivity index (χ4n) is 4.05. The summed E-state index contributed by atoms with van der Waals surface area (Å²) in [4.78, 5) is 12.1. The first-order valence-electron chi connectivity index (χ1n) is 10.7. The lowest BCUT2D eigenvalue weighted by molar-refractivity contribution is -0.142. The second-order valence-electron chi connectivity index (χ2n) is 8.14. The Bertz CT molecular complexity index is 1260. The highest BCUT2D eigenvalue weighted by Gasteiger charge is 2.37. The molecule has 0 saturated heterocycles. The molecule has 0 spiro atoms. The van der Waals surface area contributed by atoms with Crippen LogP contribution in [0.4, 0.5) is 32.2 Å². The molecule has 7 nitrogen and oxygen atoms in total. The van der Waals surface area contributed by atoms with Gasteiger partial charge in [-0.25, -0.2) is 4.98 Å². The van der Waals surface area contributed by atoms with Gasteiger partial charge in [-0.1, -0.05) is 6.58 Å². The van der Waals surface area contributed by atoms with Gasteiger partial charge < -0.3 is 11.1 Å². The first kappa shape index (κ1) is 24.5. The maximum absolute atomic E-state index is 13.4. The summed E-state index contributed by atoms with van der Waals surface area (Å²) >= 11 is 0. The zero-order valence-electron chi connectivity index (χ0n) is 18.2. The third-order valence-corrected chi connectivity index (χ3v) is 5.64. The maximum Gasteiger partial charge on any atom is 0.435 e. The van der Waals surface area contributed by atoms with Crippen LogP contribution in [-0.2, 0) is 12.4 Å². The van der Waals surface area contributed by atoms with Crippen LogP contribution >= 0.6 is 0 Å². The van der Waals surface area contributed by atoms with Crippen LogP contribution in [0.5, 0.6) is 0 Å². The van der Waals surface area contributed by atoms with Crippen LogP contribution in [0.15, 0.2) is 42.0 Å². The van der Waals surface area contributed by atoms with Gasteiger partial charge in [0.15, 0.2) is 17.0 Å². The Morgan fingerprint density at radius 3 is 2.57 bits per heavy atom. The van der Waals surface area contributed by atoms with E-state index >= 15 is 0 Å². The number of aromatic nitrogens is 4. The minimum absolute atomic E-state index is 0.235. The molecular formula is C22H21F6N7. The number of anilines is 1. The molecule has 3 aromatic heterocycles. The number of nitrogens with two attached hydrogens (primary N) is 1. The lowest BCUT2D eigenvalue weighted by Crippen LogP contribution is -2.32. The quantitative estimate of drug-likeness (QED) is 0.296. The largest absolute Gasteiger partial charge is 0.435 e. The number of halogens is 6. The van der Waals surface area contributed by atoms with Crippen LogP contribution in [0, 0.1) is 0 Å². The molecule has 4 rings (SSSR count). The Kier molecular flexibility index (Phi) is 6.43. The average molecular weight is 497 g/mol. The standard InChI is InChI=1S/C22H21F6N7/c1-2-15-14(7-4-8-30-15)20(29)32-13-6-3-5-12(9-13)31-18-10-16(21(23,24)25)33-19-11-17(22(26,27)28)34-35(18)19/h2,4,7-8,10-13,31H,1,3,5-6,9H2,(H2,29,32)/t12-,13+/m0/s1. The number of amidine groups is 1. The fraction of sp³-hybridized carbons (Fsp3) is 0.364. The first-order valence-corrected chi connectivity index (χ1v) is 10.7. The normalized spacial score (nSPS) is 19.7. The summed E-state index contributed by atoms with van der Waals surface area (Å²) in [7, 11) is 0. The SMILES string of the molecule is C=Cc1ncccc1C(N)=N[C@@H]1CCC[C@H](Nc2cc(C(F)(F)F)nc3cc(C(F)(F)F)nn23)C1. The molecule has 0 bridgehead atoms. The molecule has 3 N–H and O–H groups in total. The van der Waals surface area contributed by atoms with Crippen LogP contribution in [0.3, 0.4) is 0 Å². The smallest absolute Gasteiger partial charge is 0.383 e. The number of rotatable bonds is 5. The highest BCUT2D eigenvalue weighted by atomic mass is 19.4. The maximum atomic E-state index is 13.4. The van der Waals surface area contributed by atoms with Gasteiger partial charge in [0.1, 0.15) is 11.7 Å². The predicted octanol–water partition coefficient (Wildman–Crippen LogP) is 4.93. The third kappa shape index (κ3) is 5.38. The van der Waals surface area contributed by atoms with Gasteiger partial charge in [-0.15, -0.1) is 0 Å². The molecule has 0 radical (unpaired) electrons. The molecule has 1 aliphatic carbocycles. The van der Waals surface area contributed by atoms with E-state index in [0.29, 0.717) is 49.1 Å². The van der Waals surface area contributed by atoms with Crippen LogP contribution in [0.2, 0.25) is 0 Å². The van der Waals surface area contributed by atoms with E-state index in [0.717, 1.165) is 4.52 Å². The second kappa shape index (κ2) is 9.19. The molecule has 3 aromatic rings. The van der Waals surface area contributed by atoms with Gasteiger partial charge in [-0.05, 0) is 43.9 Å². The van der Waals surface area contributed by atoms with Crippen molar-refractivity contribution in [3.05, 3.63) is 59.7 Å². The Hall–Kier alpha value is -3.64. The van der Waals surface area contributed by atoms with Crippen molar-refractivity contribution in [2.24, 2.45) is 10.7 Å². The lowest BCUT2D eigenvalue weighted by Gasteiger charge is -2.29. The summed E-state index contributed by atoms with van der Waals surface area (Å²) in [5.74, 6) is 0.0211.